The second kappa shape index (κ2) is 6.28. The van der Waals surface area contributed by atoms with E-state index in [0.717, 1.165) is 12.2 Å². The van der Waals surface area contributed by atoms with Crippen molar-refractivity contribution in [3.63, 3.8) is 0 Å². The van der Waals surface area contributed by atoms with Crippen LogP contribution in [-0.4, -0.2) is 20.7 Å². The Morgan fingerprint density at radius 3 is 2.70 bits per heavy atom. The van der Waals surface area contributed by atoms with E-state index in [9.17, 15) is 4.79 Å². The predicted octanol–water partition coefficient (Wildman–Crippen LogP) is 3.02. The molecule has 2 N–H and O–H groups in total. The number of aromatic amines is 1. The molecule has 23 heavy (non-hydrogen) atoms. The zero-order valence-electron chi connectivity index (χ0n) is 13.7. The van der Waals surface area contributed by atoms with Crippen LogP contribution in [0.25, 0.3) is 0 Å². The third-order valence-corrected chi connectivity index (χ3v) is 4.92. The Morgan fingerprint density at radius 2 is 2.13 bits per heavy atom. The molecule has 0 radical (unpaired) electrons. The lowest BCUT2D eigenvalue weighted by Gasteiger charge is -2.07. The van der Waals surface area contributed by atoms with Crippen molar-refractivity contribution in [1.82, 2.24) is 20.1 Å². The lowest BCUT2D eigenvalue weighted by atomic mass is 10.00. The number of nitrogens with zero attached hydrogens (tertiary/aromatic N) is 2. The molecule has 5 nitrogen and oxygen atoms in total. The van der Waals surface area contributed by atoms with Crippen molar-refractivity contribution in [2.24, 2.45) is 13.0 Å². The summed E-state index contributed by atoms with van der Waals surface area (Å²) in [6, 6.07) is 8.65. The van der Waals surface area contributed by atoms with Crippen LogP contribution in [0.15, 0.2) is 24.3 Å². The third kappa shape index (κ3) is 3.37. The summed E-state index contributed by atoms with van der Waals surface area (Å²) in [5, 5.41) is 9.78. The average molecular weight is 330 g/mol. The maximum Gasteiger partial charge on any atom is 0.224 e. The highest BCUT2D eigenvalue weighted by Gasteiger charge is 2.43. The number of aromatic nitrogens is 3. The molecule has 0 saturated heterocycles. The fourth-order valence-electron chi connectivity index (χ4n) is 2.82. The van der Waals surface area contributed by atoms with Gasteiger partial charge >= 0.3 is 0 Å². The quantitative estimate of drug-likeness (QED) is 0.828. The topological polar surface area (TPSA) is 62.7 Å². The lowest BCUT2D eigenvalue weighted by Crippen LogP contribution is -2.26. The molecule has 1 aliphatic rings. The van der Waals surface area contributed by atoms with Crippen LogP contribution in [0.5, 0.6) is 0 Å². The second-order valence-corrected chi connectivity index (χ2v) is 6.88. The Balaban J connectivity index is 1.56. The number of hydrogen-bond acceptors (Lipinski definition) is 3. The van der Waals surface area contributed by atoms with E-state index < -0.39 is 0 Å². The Hall–Kier alpha value is -1.95. The minimum absolute atomic E-state index is 0.0760. The van der Waals surface area contributed by atoms with Crippen molar-refractivity contribution < 1.29 is 4.79 Å². The number of benzene rings is 1. The van der Waals surface area contributed by atoms with Crippen LogP contribution in [0.2, 0.25) is 0 Å². The van der Waals surface area contributed by atoms with Gasteiger partial charge in [-0.05, 0) is 41.6 Å². The van der Waals surface area contributed by atoms with Crippen LogP contribution < -0.4 is 5.32 Å². The molecule has 6 heteroatoms. The number of carbonyl (C=O) groups excluding carboxylic acids is 1. The number of rotatable bonds is 5. The first-order chi connectivity index (χ1) is 11.0. The molecular formula is C17H22N4OS. The molecule has 3 rings (SSSR count). The average Bonchev–Trinajstić information content (AvgIpc) is 3.28. The zero-order chi connectivity index (χ0) is 16.6. The van der Waals surface area contributed by atoms with E-state index in [1.165, 1.54) is 11.1 Å². The van der Waals surface area contributed by atoms with E-state index in [2.05, 4.69) is 53.6 Å². The third-order valence-electron chi connectivity index (χ3n) is 4.55. The molecule has 0 bridgehead atoms. The summed E-state index contributed by atoms with van der Waals surface area (Å²) in [4.78, 5) is 12.3. The van der Waals surface area contributed by atoms with Gasteiger partial charge in [0.2, 0.25) is 5.91 Å². The Labute approximate surface area is 141 Å². The molecule has 1 amide bonds. The minimum Gasteiger partial charge on any atom is -0.349 e. The molecule has 1 fully saturated rings. The summed E-state index contributed by atoms with van der Waals surface area (Å²) in [6.45, 7) is 4.77. The molecule has 1 saturated carbocycles. The summed E-state index contributed by atoms with van der Waals surface area (Å²) < 4.78 is 2.33. The van der Waals surface area contributed by atoms with Crippen LogP contribution in [0, 0.1) is 10.7 Å². The van der Waals surface area contributed by atoms with E-state index in [-0.39, 0.29) is 11.8 Å². The number of amides is 1. The van der Waals surface area contributed by atoms with Crippen molar-refractivity contribution in [1.29, 1.82) is 0 Å². The van der Waals surface area contributed by atoms with Gasteiger partial charge in [-0.25, -0.2) is 0 Å². The first-order valence-corrected chi connectivity index (χ1v) is 8.36. The first kappa shape index (κ1) is 15.9. The largest absolute Gasteiger partial charge is 0.349 e. The Kier molecular flexibility index (Phi) is 4.35. The first-order valence-electron chi connectivity index (χ1n) is 7.95. The van der Waals surface area contributed by atoms with Gasteiger partial charge in [0.15, 0.2) is 10.6 Å². The maximum atomic E-state index is 12.3. The van der Waals surface area contributed by atoms with Crippen LogP contribution in [0.1, 0.15) is 49.1 Å². The Morgan fingerprint density at radius 1 is 1.43 bits per heavy atom. The van der Waals surface area contributed by atoms with E-state index >= 15 is 0 Å². The molecule has 122 valence electrons. The smallest absolute Gasteiger partial charge is 0.224 e. The lowest BCUT2D eigenvalue weighted by molar-refractivity contribution is -0.122. The SMILES string of the molecule is CC(C)c1ccc([C@@H]2C[C@H]2C(=O)NCc2n[nH]c(=S)n2C)cc1. The summed E-state index contributed by atoms with van der Waals surface area (Å²) in [5.41, 5.74) is 2.59. The standard InChI is InChI=1S/C17H22N4OS/c1-10(2)11-4-6-12(7-5-11)13-8-14(13)16(22)18-9-15-19-20-17(23)21(15)3/h4-7,10,13-14H,8-9H2,1-3H3,(H,18,22)(H,20,23)/t13-,14+/m0/s1. The van der Waals surface area contributed by atoms with Gasteiger partial charge in [0, 0.05) is 13.0 Å². The molecule has 0 unspecified atom stereocenters. The maximum absolute atomic E-state index is 12.3. The second-order valence-electron chi connectivity index (χ2n) is 6.49. The fraction of sp³-hybridized carbons (Fsp3) is 0.471. The van der Waals surface area contributed by atoms with Crippen LogP contribution in [0.4, 0.5) is 0 Å². The highest BCUT2D eigenvalue weighted by atomic mass is 32.1. The van der Waals surface area contributed by atoms with Gasteiger partial charge in [-0.3, -0.25) is 9.89 Å². The number of hydrogen-bond donors (Lipinski definition) is 2. The summed E-state index contributed by atoms with van der Waals surface area (Å²) in [6.07, 6.45) is 0.922. The summed E-state index contributed by atoms with van der Waals surface area (Å²) in [7, 11) is 1.84. The van der Waals surface area contributed by atoms with Crippen LogP contribution in [0.3, 0.4) is 0 Å². The fourth-order valence-corrected chi connectivity index (χ4v) is 2.97. The van der Waals surface area contributed by atoms with Gasteiger partial charge in [0.25, 0.3) is 0 Å². The summed E-state index contributed by atoms with van der Waals surface area (Å²) >= 11 is 5.06. The molecule has 0 spiro atoms. The van der Waals surface area contributed by atoms with Gasteiger partial charge in [-0.2, -0.15) is 5.10 Å². The van der Waals surface area contributed by atoms with E-state index in [4.69, 9.17) is 12.2 Å². The number of H-pyrrole nitrogens is 1. The predicted molar refractivity (Wildman–Crippen MR) is 91.6 cm³/mol. The van der Waals surface area contributed by atoms with Gasteiger partial charge in [-0.15, -0.1) is 0 Å². The van der Waals surface area contributed by atoms with Crippen molar-refractivity contribution in [2.45, 2.75) is 38.6 Å². The van der Waals surface area contributed by atoms with Gasteiger partial charge < -0.3 is 9.88 Å². The van der Waals surface area contributed by atoms with E-state index in [0.29, 0.717) is 23.2 Å². The zero-order valence-corrected chi connectivity index (χ0v) is 14.5. The van der Waals surface area contributed by atoms with Crippen LogP contribution >= 0.6 is 12.2 Å². The molecule has 1 aliphatic carbocycles. The summed E-state index contributed by atoms with van der Waals surface area (Å²) in [5.74, 6) is 1.79. The van der Waals surface area contributed by atoms with Crippen molar-refractivity contribution in [2.75, 3.05) is 0 Å². The van der Waals surface area contributed by atoms with Gasteiger partial charge in [0.05, 0.1) is 6.54 Å². The van der Waals surface area contributed by atoms with Crippen LogP contribution in [-0.2, 0) is 18.4 Å². The molecule has 2 aromatic rings. The molecular weight excluding hydrogens is 308 g/mol. The van der Waals surface area contributed by atoms with Crippen molar-refractivity contribution in [3.8, 4) is 0 Å². The van der Waals surface area contributed by atoms with Gasteiger partial charge in [0.1, 0.15) is 0 Å². The number of nitrogens with one attached hydrogen (secondary N) is 2. The van der Waals surface area contributed by atoms with E-state index in [1.807, 2.05) is 7.05 Å². The van der Waals surface area contributed by atoms with E-state index in [1.54, 1.807) is 4.57 Å². The highest BCUT2D eigenvalue weighted by molar-refractivity contribution is 7.71. The minimum atomic E-state index is 0.0760. The monoisotopic (exact) mass is 330 g/mol. The van der Waals surface area contributed by atoms with Crippen molar-refractivity contribution in [3.05, 3.63) is 46.0 Å². The molecule has 1 aromatic heterocycles. The number of carbonyl (C=O) groups is 1. The molecule has 2 atom stereocenters. The van der Waals surface area contributed by atoms with Gasteiger partial charge in [-0.1, -0.05) is 38.1 Å². The Bertz CT molecular complexity index is 760. The highest BCUT2D eigenvalue weighted by Crippen LogP contribution is 2.47. The molecule has 1 heterocycles. The molecule has 0 aliphatic heterocycles. The normalized spacial score (nSPS) is 19.8. The molecule has 1 aromatic carbocycles. The van der Waals surface area contributed by atoms with Crippen molar-refractivity contribution >= 4 is 18.1 Å².